The Balaban J connectivity index is 1.76. The van der Waals surface area contributed by atoms with Gasteiger partial charge in [-0.3, -0.25) is 4.90 Å². The molecule has 3 aromatic rings. The van der Waals surface area contributed by atoms with Crippen molar-refractivity contribution < 1.29 is 4.42 Å². The maximum atomic E-state index is 5.80. The van der Waals surface area contributed by atoms with Crippen molar-refractivity contribution in [2.45, 2.75) is 26.4 Å². The fourth-order valence-corrected chi connectivity index (χ4v) is 3.68. The zero-order valence-electron chi connectivity index (χ0n) is 12.4. The van der Waals surface area contributed by atoms with Gasteiger partial charge in [0.2, 0.25) is 5.89 Å². The van der Waals surface area contributed by atoms with Crippen LogP contribution in [0.1, 0.15) is 29.3 Å². The molecule has 1 unspecified atom stereocenters. The molecule has 21 heavy (non-hydrogen) atoms. The maximum Gasteiger partial charge on any atom is 0.227 e. The van der Waals surface area contributed by atoms with E-state index in [-0.39, 0.29) is 0 Å². The third kappa shape index (κ3) is 3.10. The highest BCUT2D eigenvalue weighted by Gasteiger charge is 2.17. The third-order valence-electron chi connectivity index (χ3n) is 3.68. The van der Waals surface area contributed by atoms with Gasteiger partial charge < -0.3 is 4.42 Å². The lowest BCUT2D eigenvalue weighted by Crippen LogP contribution is -2.21. The van der Waals surface area contributed by atoms with E-state index in [1.165, 1.54) is 4.88 Å². The summed E-state index contributed by atoms with van der Waals surface area (Å²) >= 11 is 3.45. The van der Waals surface area contributed by atoms with Gasteiger partial charge in [0.05, 0.1) is 5.69 Å². The first kappa shape index (κ1) is 14.5. The Morgan fingerprint density at radius 2 is 2.19 bits per heavy atom. The van der Waals surface area contributed by atoms with Gasteiger partial charge in [0.15, 0.2) is 0 Å². The maximum absolute atomic E-state index is 5.80. The lowest BCUT2D eigenvalue weighted by atomic mass is 10.2. The van der Waals surface area contributed by atoms with E-state index in [1.54, 1.807) is 22.7 Å². The number of rotatable bonds is 5. The Bertz CT molecular complexity index is 686. The zero-order chi connectivity index (χ0) is 14.8. The highest BCUT2D eigenvalue weighted by atomic mass is 32.1. The molecule has 0 aliphatic carbocycles. The summed E-state index contributed by atoms with van der Waals surface area (Å²) in [5.41, 5.74) is 2.07. The van der Waals surface area contributed by atoms with E-state index in [0.717, 1.165) is 29.5 Å². The largest absolute Gasteiger partial charge is 0.441 e. The van der Waals surface area contributed by atoms with E-state index in [4.69, 9.17) is 4.42 Å². The van der Waals surface area contributed by atoms with Gasteiger partial charge in [0.1, 0.15) is 5.76 Å². The number of aromatic nitrogens is 1. The van der Waals surface area contributed by atoms with Crippen LogP contribution in [0.3, 0.4) is 0 Å². The molecular weight excluding hydrogens is 300 g/mol. The summed E-state index contributed by atoms with van der Waals surface area (Å²) in [6, 6.07) is 6.70. The number of thiophene rings is 2. The van der Waals surface area contributed by atoms with Crippen LogP contribution in [-0.2, 0) is 6.54 Å². The zero-order valence-corrected chi connectivity index (χ0v) is 14.0. The molecule has 3 heterocycles. The molecule has 0 aromatic carbocycles. The Kier molecular flexibility index (Phi) is 4.24. The fraction of sp³-hybridized carbons (Fsp3) is 0.312. The molecule has 0 amide bonds. The number of hydrogen-bond acceptors (Lipinski definition) is 5. The van der Waals surface area contributed by atoms with Crippen LogP contribution in [0, 0.1) is 6.92 Å². The van der Waals surface area contributed by atoms with Crippen LogP contribution in [0.2, 0.25) is 0 Å². The minimum Gasteiger partial charge on any atom is -0.441 e. The van der Waals surface area contributed by atoms with Crippen molar-refractivity contribution in [3.8, 4) is 11.5 Å². The number of aryl methyl sites for hydroxylation is 1. The van der Waals surface area contributed by atoms with Gasteiger partial charge in [-0.05, 0) is 43.8 Å². The van der Waals surface area contributed by atoms with E-state index < -0.39 is 0 Å². The minimum atomic E-state index is 0.380. The Morgan fingerprint density at radius 1 is 1.33 bits per heavy atom. The van der Waals surface area contributed by atoms with Crippen LogP contribution in [0.5, 0.6) is 0 Å². The molecule has 110 valence electrons. The molecule has 3 aromatic heterocycles. The minimum absolute atomic E-state index is 0.380. The molecule has 0 radical (unpaired) electrons. The van der Waals surface area contributed by atoms with Crippen molar-refractivity contribution >= 4 is 22.7 Å². The van der Waals surface area contributed by atoms with Gasteiger partial charge in [-0.2, -0.15) is 11.3 Å². The number of nitrogens with zero attached hydrogens (tertiary/aromatic N) is 2. The normalized spacial score (nSPS) is 13.0. The summed E-state index contributed by atoms with van der Waals surface area (Å²) in [6.07, 6.45) is 0. The van der Waals surface area contributed by atoms with Gasteiger partial charge >= 0.3 is 0 Å². The quantitative estimate of drug-likeness (QED) is 0.665. The van der Waals surface area contributed by atoms with Gasteiger partial charge in [0.25, 0.3) is 0 Å². The number of oxazole rings is 1. The second-order valence-corrected chi connectivity index (χ2v) is 6.90. The van der Waals surface area contributed by atoms with Crippen molar-refractivity contribution in [1.29, 1.82) is 0 Å². The van der Waals surface area contributed by atoms with Crippen LogP contribution in [0.25, 0.3) is 11.5 Å². The van der Waals surface area contributed by atoms with Crippen molar-refractivity contribution in [2.75, 3.05) is 7.05 Å². The first-order valence-corrected chi connectivity index (χ1v) is 8.70. The van der Waals surface area contributed by atoms with Crippen LogP contribution >= 0.6 is 22.7 Å². The third-order valence-corrected chi connectivity index (χ3v) is 5.40. The Morgan fingerprint density at radius 3 is 2.86 bits per heavy atom. The van der Waals surface area contributed by atoms with Crippen LogP contribution < -0.4 is 0 Å². The lowest BCUT2D eigenvalue weighted by Gasteiger charge is -2.22. The molecule has 1 atom stereocenters. The first-order valence-electron chi connectivity index (χ1n) is 6.87. The van der Waals surface area contributed by atoms with Crippen LogP contribution in [0.4, 0.5) is 0 Å². The van der Waals surface area contributed by atoms with E-state index in [9.17, 15) is 0 Å². The lowest BCUT2D eigenvalue weighted by molar-refractivity contribution is 0.252. The molecule has 0 aliphatic rings. The van der Waals surface area contributed by atoms with Crippen LogP contribution in [-0.4, -0.2) is 16.9 Å². The summed E-state index contributed by atoms with van der Waals surface area (Å²) in [6.45, 7) is 5.00. The topological polar surface area (TPSA) is 29.3 Å². The SMILES string of the molecule is Cc1oc(-c2ccsc2)nc1CN(C)C(C)c1cccs1. The summed E-state index contributed by atoms with van der Waals surface area (Å²) < 4.78 is 5.80. The van der Waals surface area contributed by atoms with E-state index in [2.05, 4.69) is 46.7 Å². The van der Waals surface area contributed by atoms with Crippen LogP contribution in [0.15, 0.2) is 38.8 Å². The van der Waals surface area contributed by atoms with Gasteiger partial charge in [-0.15, -0.1) is 11.3 Å². The predicted octanol–water partition coefficient (Wildman–Crippen LogP) is 4.97. The molecular formula is C16H18N2OS2. The summed E-state index contributed by atoms with van der Waals surface area (Å²) in [5.74, 6) is 1.63. The summed E-state index contributed by atoms with van der Waals surface area (Å²) in [4.78, 5) is 8.33. The molecule has 0 aliphatic heterocycles. The Labute approximate surface area is 132 Å². The van der Waals surface area contributed by atoms with Gasteiger partial charge in [0, 0.05) is 28.4 Å². The second-order valence-electron chi connectivity index (χ2n) is 5.14. The second kappa shape index (κ2) is 6.13. The Hall–Kier alpha value is -1.43. The van der Waals surface area contributed by atoms with Gasteiger partial charge in [-0.1, -0.05) is 6.07 Å². The standard InChI is InChI=1S/C16H18N2OS2/c1-11(15-5-4-7-21-15)18(3)9-14-12(2)19-16(17-14)13-6-8-20-10-13/h4-8,10-11H,9H2,1-3H3. The highest BCUT2D eigenvalue weighted by molar-refractivity contribution is 7.10. The highest BCUT2D eigenvalue weighted by Crippen LogP contribution is 2.27. The molecule has 3 rings (SSSR count). The first-order chi connectivity index (χ1) is 10.1. The monoisotopic (exact) mass is 318 g/mol. The molecule has 0 fully saturated rings. The average Bonchev–Trinajstić information content (AvgIpc) is 3.20. The smallest absolute Gasteiger partial charge is 0.227 e. The molecule has 0 bridgehead atoms. The van der Waals surface area contributed by atoms with Crippen molar-refractivity contribution in [3.63, 3.8) is 0 Å². The van der Waals surface area contributed by atoms with Crippen molar-refractivity contribution in [3.05, 3.63) is 50.7 Å². The molecule has 0 spiro atoms. The van der Waals surface area contributed by atoms with Gasteiger partial charge in [-0.25, -0.2) is 4.98 Å². The average molecular weight is 318 g/mol. The van der Waals surface area contributed by atoms with Crippen molar-refractivity contribution in [2.24, 2.45) is 0 Å². The number of hydrogen-bond donors (Lipinski definition) is 0. The van der Waals surface area contributed by atoms with Crippen molar-refractivity contribution in [1.82, 2.24) is 9.88 Å². The van der Waals surface area contributed by atoms with E-state index >= 15 is 0 Å². The van der Waals surface area contributed by atoms with E-state index in [0.29, 0.717) is 6.04 Å². The fourth-order valence-electron chi connectivity index (χ4n) is 2.20. The molecule has 0 saturated carbocycles. The molecule has 0 N–H and O–H groups in total. The summed E-state index contributed by atoms with van der Waals surface area (Å²) in [5, 5.41) is 6.22. The molecule has 5 heteroatoms. The van der Waals surface area contributed by atoms with E-state index in [1.807, 2.05) is 18.4 Å². The molecule has 3 nitrogen and oxygen atoms in total. The predicted molar refractivity (Wildman–Crippen MR) is 88.8 cm³/mol. The summed E-state index contributed by atoms with van der Waals surface area (Å²) in [7, 11) is 2.13. The molecule has 0 saturated heterocycles.